The molecule has 2 fully saturated rings. The number of anilines is 2. The molecule has 0 aromatic carbocycles. The maximum absolute atomic E-state index is 10.8. The standard InChI is InChI=1S/C14H23N7O/c1-2-18-3-9-21(10-4-18)14-16-13(11-15-17-14)20-7-5-19(12-22)6-8-20/h11-12H,2-10H2,1H3. The van der Waals surface area contributed by atoms with Gasteiger partial charge in [-0.3, -0.25) is 4.79 Å². The second-order valence-electron chi connectivity index (χ2n) is 5.66. The quantitative estimate of drug-likeness (QED) is 0.681. The molecule has 0 aliphatic carbocycles. The Kier molecular flexibility index (Phi) is 4.67. The summed E-state index contributed by atoms with van der Waals surface area (Å²) >= 11 is 0. The Morgan fingerprint density at radius 2 is 1.73 bits per heavy atom. The molecule has 0 saturated carbocycles. The summed E-state index contributed by atoms with van der Waals surface area (Å²) < 4.78 is 0. The summed E-state index contributed by atoms with van der Waals surface area (Å²) in [5.41, 5.74) is 0. The number of aromatic nitrogens is 3. The van der Waals surface area contributed by atoms with E-state index in [0.717, 1.165) is 71.1 Å². The molecule has 0 unspecified atom stereocenters. The molecule has 0 radical (unpaired) electrons. The molecule has 1 amide bonds. The van der Waals surface area contributed by atoms with E-state index in [9.17, 15) is 4.79 Å². The van der Waals surface area contributed by atoms with E-state index in [1.54, 1.807) is 11.1 Å². The van der Waals surface area contributed by atoms with Crippen LogP contribution in [0.25, 0.3) is 0 Å². The number of hydrogen-bond donors (Lipinski definition) is 0. The summed E-state index contributed by atoms with van der Waals surface area (Å²) in [6.45, 7) is 10.3. The van der Waals surface area contributed by atoms with Crippen molar-refractivity contribution < 1.29 is 4.79 Å². The van der Waals surface area contributed by atoms with Crippen LogP contribution in [0.3, 0.4) is 0 Å². The SMILES string of the molecule is CCN1CCN(c2nncc(N3CCN(C=O)CC3)n2)CC1. The molecule has 0 atom stereocenters. The first-order chi connectivity index (χ1) is 10.8. The molecule has 2 aliphatic heterocycles. The highest BCUT2D eigenvalue weighted by atomic mass is 16.1. The number of carbonyl (C=O) groups is 1. The van der Waals surface area contributed by atoms with Gasteiger partial charge in [0.15, 0.2) is 5.82 Å². The number of carbonyl (C=O) groups excluding carboxylic acids is 1. The molecule has 3 heterocycles. The van der Waals surface area contributed by atoms with Crippen molar-refractivity contribution in [1.29, 1.82) is 0 Å². The van der Waals surface area contributed by atoms with E-state index in [1.165, 1.54) is 0 Å². The van der Waals surface area contributed by atoms with Crippen LogP contribution in [0.4, 0.5) is 11.8 Å². The molecule has 0 spiro atoms. The van der Waals surface area contributed by atoms with Crippen molar-refractivity contribution in [2.75, 3.05) is 68.7 Å². The smallest absolute Gasteiger partial charge is 0.247 e. The summed E-state index contributed by atoms with van der Waals surface area (Å²) in [7, 11) is 0. The number of amides is 1. The van der Waals surface area contributed by atoms with Crippen LogP contribution in [0.1, 0.15) is 6.92 Å². The fraction of sp³-hybridized carbons (Fsp3) is 0.714. The summed E-state index contributed by atoms with van der Waals surface area (Å²) in [6, 6.07) is 0. The zero-order valence-corrected chi connectivity index (χ0v) is 13.1. The zero-order valence-electron chi connectivity index (χ0n) is 13.1. The third-order valence-corrected chi connectivity index (χ3v) is 4.42. The average molecular weight is 305 g/mol. The van der Waals surface area contributed by atoms with Crippen molar-refractivity contribution in [2.45, 2.75) is 6.92 Å². The van der Waals surface area contributed by atoms with E-state index in [1.807, 2.05) is 0 Å². The van der Waals surface area contributed by atoms with Crippen molar-refractivity contribution in [3.8, 4) is 0 Å². The van der Waals surface area contributed by atoms with E-state index in [0.29, 0.717) is 5.95 Å². The lowest BCUT2D eigenvalue weighted by atomic mass is 10.3. The average Bonchev–Trinajstić information content (AvgIpc) is 2.62. The minimum atomic E-state index is 0.714. The van der Waals surface area contributed by atoms with Gasteiger partial charge in [0.1, 0.15) is 0 Å². The minimum absolute atomic E-state index is 0.714. The monoisotopic (exact) mass is 305 g/mol. The first-order valence-electron chi connectivity index (χ1n) is 7.91. The molecule has 0 bridgehead atoms. The second kappa shape index (κ2) is 6.87. The highest BCUT2D eigenvalue weighted by Gasteiger charge is 2.21. The molecule has 8 nitrogen and oxygen atoms in total. The molecule has 3 rings (SSSR count). The highest BCUT2D eigenvalue weighted by Crippen LogP contribution is 2.16. The van der Waals surface area contributed by atoms with Gasteiger partial charge in [0, 0.05) is 52.4 Å². The Balaban J connectivity index is 1.64. The largest absolute Gasteiger partial charge is 0.352 e. The van der Waals surface area contributed by atoms with E-state index in [4.69, 9.17) is 0 Å². The Hall–Kier alpha value is -1.96. The number of piperazine rings is 2. The summed E-state index contributed by atoms with van der Waals surface area (Å²) in [5, 5.41) is 8.31. The minimum Gasteiger partial charge on any atom is -0.352 e. The molecule has 1 aromatic rings. The van der Waals surface area contributed by atoms with Gasteiger partial charge < -0.3 is 19.6 Å². The number of likely N-dealkylation sites (N-methyl/N-ethyl adjacent to an activating group) is 1. The van der Waals surface area contributed by atoms with Crippen molar-refractivity contribution in [1.82, 2.24) is 25.0 Å². The van der Waals surface area contributed by atoms with Gasteiger partial charge in [-0.05, 0) is 6.54 Å². The van der Waals surface area contributed by atoms with Crippen molar-refractivity contribution in [2.24, 2.45) is 0 Å². The molecular formula is C14H23N7O. The fourth-order valence-electron chi connectivity index (χ4n) is 2.89. The molecule has 2 saturated heterocycles. The molecule has 2 aliphatic rings. The third kappa shape index (κ3) is 3.27. The van der Waals surface area contributed by atoms with Crippen molar-refractivity contribution in [3.63, 3.8) is 0 Å². The number of hydrogen-bond acceptors (Lipinski definition) is 7. The van der Waals surface area contributed by atoms with Gasteiger partial charge in [-0.2, -0.15) is 10.1 Å². The van der Waals surface area contributed by atoms with Gasteiger partial charge in [0.2, 0.25) is 12.4 Å². The van der Waals surface area contributed by atoms with E-state index >= 15 is 0 Å². The van der Waals surface area contributed by atoms with Crippen LogP contribution in [-0.2, 0) is 4.79 Å². The van der Waals surface area contributed by atoms with Crippen molar-refractivity contribution >= 4 is 18.2 Å². The van der Waals surface area contributed by atoms with Gasteiger partial charge in [-0.15, -0.1) is 5.10 Å². The van der Waals surface area contributed by atoms with Crippen LogP contribution in [0.15, 0.2) is 6.20 Å². The zero-order chi connectivity index (χ0) is 15.4. The second-order valence-corrected chi connectivity index (χ2v) is 5.66. The predicted molar refractivity (Wildman–Crippen MR) is 84.0 cm³/mol. The van der Waals surface area contributed by atoms with Crippen LogP contribution in [0.2, 0.25) is 0 Å². The van der Waals surface area contributed by atoms with Gasteiger partial charge >= 0.3 is 0 Å². The summed E-state index contributed by atoms with van der Waals surface area (Å²) in [4.78, 5) is 24.0. The fourth-order valence-corrected chi connectivity index (χ4v) is 2.89. The Labute approximate surface area is 130 Å². The number of nitrogens with zero attached hydrogens (tertiary/aromatic N) is 7. The lowest BCUT2D eigenvalue weighted by Crippen LogP contribution is -2.47. The van der Waals surface area contributed by atoms with Crippen LogP contribution in [0, 0.1) is 0 Å². The summed E-state index contributed by atoms with van der Waals surface area (Å²) in [6.07, 6.45) is 2.62. The molecule has 8 heteroatoms. The van der Waals surface area contributed by atoms with Crippen LogP contribution in [-0.4, -0.2) is 90.3 Å². The normalized spacial score (nSPS) is 20.3. The first-order valence-corrected chi connectivity index (χ1v) is 7.91. The predicted octanol–water partition coefficient (Wildman–Crippen LogP) is -0.708. The van der Waals surface area contributed by atoms with Gasteiger partial charge in [-0.1, -0.05) is 6.92 Å². The Bertz CT molecular complexity index is 496. The maximum atomic E-state index is 10.8. The van der Waals surface area contributed by atoms with Gasteiger partial charge in [0.05, 0.1) is 6.20 Å². The maximum Gasteiger partial charge on any atom is 0.247 e. The summed E-state index contributed by atoms with van der Waals surface area (Å²) in [5.74, 6) is 1.57. The molecule has 22 heavy (non-hydrogen) atoms. The number of rotatable bonds is 4. The lowest BCUT2D eigenvalue weighted by molar-refractivity contribution is -0.118. The first kappa shape index (κ1) is 15.0. The van der Waals surface area contributed by atoms with Crippen molar-refractivity contribution in [3.05, 3.63) is 6.20 Å². The molecular weight excluding hydrogens is 282 g/mol. The van der Waals surface area contributed by atoms with Crippen LogP contribution < -0.4 is 9.80 Å². The lowest BCUT2D eigenvalue weighted by Gasteiger charge is -2.35. The Morgan fingerprint density at radius 3 is 2.36 bits per heavy atom. The van der Waals surface area contributed by atoms with E-state index in [-0.39, 0.29) is 0 Å². The topological polar surface area (TPSA) is 68.7 Å². The van der Waals surface area contributed by atoms with Crippen LogP contribution in [0.5, 0.6) is 0 Å². The molecule has 1 aromatic heterocycles. The van der Waals surface area contributed by atoms with E-state index in [2.05, 4.69) is 36.8 Å². The van der Waals surface area contributed by atoms with E-state index < -0.39 is 0 Å². The molecule has 0 N–H and O–H groups in total. The van der Waals surface area contributed by atoms with Crippen LogP contribution >= 0.6 is 0 Å². The van der Waals surface area contributed by atoms with Gasteiger partial charge in [-0.25, -0.2) is 0 Å². The third-order valence-electron chi connectivity index (χ3n) is 4.42. The molecule has 120 valence electrons. The Morgan fingerprint density at radius 1 is 1.05 bits per heavy atom. The highest BCUT2D eigenvalue weighted by molar-refractivity contribution is 5.49. The van der Waals surface area contributed by atoms with Gasteiger partial charge in [0.25, 0.3) is 0 Å².